The van der Waals surface area contributed by atoms with E-state index in [4.69, 9.17) is 0 Å². The standard InChI is InChI=1S/C17H22N2O2/c1-12(2)10-15(20)19-9-8-17(11-19)13-6-4-5-7-14(13)18(3)16(17)21/h4-7,12H,8-11H2,1-3H3/t17-/m1/s1. The molecule has 1 saturated heterocycles. The van der Waals surface area contributed by atoms with Crippen molar-refractivity contribution in [3.8, 4) is 0 Å². The van der Waals surface area contributed by atoms with Gasteiger partial charge in [0.25, 0.3) is 0 Å². The van der Waals surface area contributed by atoms with Gasteiger partial charge in [0.05, 0.1) is 5.41 Å². The van der Waals surface area contributed by atoms with Gasteiger partial charge in [-0.25, -0.2) is 0 Å². The lowest BCUT2D eigenvalue weighted by molar-refractivity contribution is -0.131. The van der Waals surface area contributed by atoms with Crippen LogP contribution in [0.3, 0.4) is 0 Å². The number of carbonyl (C=O) groups excluding carboxylic acids is 2. The summed E-state index contributed by atoms with van der Waals surface area (Å²) in [6.07, 6.45) is 1.29. The van der Waals surface area contributed by atoms with E-state index >= 15 is 0 Å². The molecule has 2 heterocycles. The minimum Gasteiger partial charge on any atom is -0.341 e. The molecule has 0 bridgehead atoms. The van der Waals surface area contributed by atoms with Gasteiger partial charge >= 0.3 is 0 Å². The fraction of sp³-hybridized carbons (Fsp3) is 0.529. The Morgan fingerprint density at radius 1 is 1.33 bits per heavy atom. The molecule has 1 atom stereocenters. The SMILES string of the molecule is CC(C)CC(=O)N1CC[C@]2(C1)C(=O)N(C)c1ccccc12. The highest BCUT2D eigenvalue weighted by Gasteiger charge is 2.53. The molecule has 21 heavy (non-hydrogen) atoms. The van der Waals surface area contributed by atoms with Gasteiger partial charge in [0.15, 0.2) is 0 Å². The molecule has 4 nitrogen and oxygen atoms in total. The topological polar surface area (TPSA) is 40.6 Å². The van der Waals surface area contributed by atoms with Crippen molar-refractivity contribution in [1.82, 2.24) is 4.90 Å². The average molecular weight is 286 g/mol. The van der Waals surface area contributed by atoms with Crippen LogP contribution in [0.15, 0.2) is 24.3 Å². The lowest BCUT2D eigenvalue weighted by Crippen LogP contribution is -2.42. The van der Waals surface area contributed by atoms with Gasteiger partial charge in [-0.2, -0.15) is 0 Å². The van der Waals surface area contributed by atoms with Crippen LogP contribution in [0.2, 0.25) is 0 Å². The summed E-state index contributed by atoms with van der Waals surface area (Å²) in [4.78, 5) is 28.7. The van der Waals surface area contributed by atoms with Crippen LogP contribution in [0.1, 0.15) is 32.3 Å². The number of hydrogen-bond acceptors (Lipinski definition) is 2. The van der Waals surface area contributed by atoms with Crippen LogP contribution in [0.5, 0.6) is 0 Å². The zero-order valence-electron chi connectivity index (χ0n) is 12.9. The van der Waals surface area contributed by atoms with Crippen molar-refractivity contribution in [3.05, 3.63) is 29.8 Å². The van der Waals surface area contributed by atoms with Gasteiger partial charge in [0.1, 0.15) is 0 Å². The average Bonchev–Trinajstić information content (AvgIpc) is 2.98. The molecule has 0 unspecified atom stereocenters. The van der Waals surface area contributed by atoms with Crippen molar-refractivity contribution in [2.75, 3.05) is 25.0 Å². The Morgan fingerprint density at radius 2 is 2.05 bits per heavy atom. The Labute approximate surface area is 125 Å². The zero-order valence-corrected chi connectivity index (χ0v) is 12.9. The lowest BCUT2D eigenvalue weighted by Gasteiger charge is -2.24. The summed E-state index contributed by atoms with van der Waals surface area (Å²) in [5.41, 5.74) is 1.55. The number of nitrogens with zero attached hydrogens (tertiary/aromatic N) is 2. The maximum Gasteiger partial charge on any atom is 0.239 e. The van der Waals surface area contributed by atoms with Gasteiger partial charge in [0.2, 0.25) is 11.8 Å². The maximum absolute atomic E-state index is 12.8. The molecule has 1 aromatic rings. The van der Waals surface area contributed by atoms with Gasteiger partial charge < -0.3 is 9.80 Å². The van der Waals surface area contributed by atoms with Crippen molar-refractivity contribution in [1.29, 1.82) is 0 Å². The van der Waals surface area contributed by atoms with Crippen LogP contribution in [-0.2, 0) is 15.0 Å². The quantitative estimate of drug-likeness (QED) is 0.836. The number of rotatable bonds is 2. The number of likely N-dealkylation sites (N-methyl/N-ethyl adjacent to an activating group) is 1. The molecular formula is C17H22N2O2. The highest BCUT2D eigenvalue weighted by atomic mass is 16.2. The van der Waals surface area contributed by atoms with Crippen LogP contribution in [0.4, 0.5) is 5.69 Å². The molecule has 1 aromatic carbocycles. The Bertz CT molecular complexity index is 596. The molecule has 0 N–H and O–H groups in total. The third kappa shape index (κ3) is 2.04. The number of hydrogen-bond donors (Lipinski definition) is 0. The monoisotopic (exact) mass is 286 g/mol. The number of benzene rings is 1. The molecule has 2 aliphatic heterocycles. The predicted molar refractivity (Wildman–Crippen MR) is 82.2 cm³/mol. The summed E-state index contributed by atoms with van der Waals surface area (Å²) in [5.74, 6) is 0.647. The first-order chi connectivity index (χ1) is 9.95. The van der Waals surface area contributed by atoms with E-state index in [-0.39, 0.29) is 11.8 Å². The van der Waals surface area contributed by atoms with Crippen LogP contribution in [0, 0.1) is 5.92 Å². The molecular weight excluding hydrogens is 264 g/mol. The third-order valence-electron chi connectivity index (χ3n) is 4.70. The number of likely N-dealkylation sites (tertiary alicyclic amines) is 1. The Hall–Kier alpha value is -1.84. The molecule has 0 aromatic heterocycles. The molecule has 0 saturated carbocycles. The molecule has 1 spiro atoms. The summed E-state index contributed by atoms with van der Waals surface area (Å²) < 4.78 is 0. The van der Waals surface area contributed by atoms with E-state index < -0.39 is 5.41 Å². The molecule has 0 aliphatic carbocycles. The van der Waals surface area contributed by atoms with Gasteiger partial charge in [-0.05, 0) is 24.0 Å². The summed E-state index contributed by atoms with van der Waals surface area (Å²) in [6.45, 7) is 5.30. The lowest BCUT2D eigenvalue weighted by atomic mass is 9.81. The first kappa shape index (κ1) is 14.1. The third-order valence-corrected chi connectivity index (χ3v) is 4.70. The van der Waals surface area contributed by atoms with Crippen LogP contribution in [0.25, 0.3) is 0 Å². The molecule has 0 radical (unpaired) electrons. The highest BCUT2D eigenvalue weighted by Crippen LogP contribution is 2.46. The van der Waals surface area contributed by atoms with E-state index in [0.717, 1.165) is 17.7 Å². The first-order valence-corrected chi connectivity index (χ1v) is 7.61. The van der Waals surface area contributed by atoms with Crippen molar-refractivity contribution in [2.24, 2.45) is 5.92 Å². The van der Waals surface area contributed by atoms with Crippen LogP contribution < -0.4 is 4.90 Å². The first-order valence-electron chi connectivity index (χ1n) is 7.61. The highest BCUT2D eigenvalue weighted by molar-refractivity contribution is 6.08. The summed E-state index contributed by atoms with van der Waals surface area (Å²) in [7, 11) is 1.83. The summed E-state index contributed by atoms with van der Waals surface area (Å²) in [5, 5.41) is 0. The summed E-state index contributed by atoms with van der Waals surface area (Å²) in [6, 6.07) is 7.96. The van der Waals surface area contributed by atoms with Crippen molar-refractivity contribution in [2.45, 2.75) is 32.1 Å². The number of anilines is 1. The zero-order chi connectivity index (χ0) is 15.2. The molecule has 2 amide bonds. The minimum absolute atomic E-state index is 0.128. The smallest absolute Gasteiger partial charge is 0.239 e. The molecule has 1 fully saturated rings. The van der Waals surface area contributed by atoms with Crippen molar-refractivity contribution in [3.63, 3.8) is 0 Å². The molecule has 3 rings (SSSR count). The fourth-order valence-electron chi connectivity index (χ4n) is 3.61. The predicted octanol–water partition coefficient (Wildman–Crippen LogP) is 2.18. The van der Waals surface area contributed by atoms with Crippen LogP contribution >= 0.6 is 0 Å². The number of para-hydroxylation sites is 1. The van der Waals surface area contributed by atoms with Crippen molar-refractivity contribution < 1.29 is 9.59 Å². The largest absolute Gasteiger partial charge is 0.341 e. The fourth-order valence-corrected chi connectivity index (χ4v) is 3.61. The molecule has 2 aliphatic rings. The number of carbonyl (C=O) groups is 2. The van der Waals surface area contributed by atoms with E-state index in [0.29, 0.717) is 25.4 Å². The molecule has 4 heteroatoms. The van der Waals surface area contributed by atoms with Gasteiger partial charge in [-0.15, -0.1) is 0 Å². The van der Waals surface area contributed by atoms with Gasteiger partial charge in [-0.3, -0.25) is 9.59 Å². The second kappa shape index (κ2) is 4.86. The van der Waals surface area contributed by atoms with Crippen LogP contribution in [-0.4, -0.2) is 36.9 Å². The second-order valence-corrected chi connectivity index (χ2v) is 6.63. The number of amides is 2. The van der Waals surface area contributed by atoms with E-state index in [1.165, 1.54) is 0 Å². The van der Waals surface area contributed by atoms with E-state index in [9.17, 15) is 9.59 Å². The Balaban J connectivity index is 1.90. The Morgan fingerprint density at radius 3 is 2.76 bits per heavy atom. The van der Waals surface area contributed by atoms with Gasteiger partial charge in [-0.1, -0.05) is 32.0 Å². The van der Waals surface area contributed by atoms with E-state index in [1.54, 1.807) is 4.90 Å². The second-order valence-electron chi connectivity index (χ2n) is 6.63. The summed E-state index contributed by atoms with van der Waals surface area (Å²) >= 11 is 0. The van der Waals surface area contributed by atoms with E-state index in [2.05, 4.69) is 0 Å². The van der Waals surface area contributed by atoms with Gasteiger partial charge in [0, 0.05) is 32.2 Å². The van der Waals surface area contributed by atoms with Crippen molar-refractivity contribution >= 4 is 17.5 Å². The van der Waals surface area contributed by atoms with E-state index in [1.807, 2.05) is 50.1 Å². The molecule has 112 valence electrons. The Kier molecular flexibility index (Phi) is 3.27. The minimum atomic E-state index is -0.516. The normalized spacial score (nSPS) is 24.3. The maximum atomic E-state index is 12.8. The number of fused-ring (bicyclic) bond motifs is 2.